The largest absolute Gasteiger partial charge is 0.345 e. The predicted octanol–water partition coefficient (Wildman–Crippen LogP) is 4.15. The van der Waals surface area contributed by atoms with Crippen LogP contribution in [0.1, 0.15) is 38.9 Å². The molecule has 0 spiro atoms. The highest BCUT2D eigenvalue weighted by Crippen LogP contribution is 2.25. The van der Waals surface area contributed by atoms with Crippen molar-refractivity contribution in [2.24, 2.45) is 0 Å². The fourth-order valence-corrected chi connectivity index (χ4v) is 3.32. The molecule has 1 aromatic heterocycles. The number of carbonyl (C=O) groups is 1. The summed E-state index contributed by atoms with van der Waals surface area (Å²) in [6.45, 7) is 5.74. The number of hydrogen-bond acceptors (Lipinski definition) is 3. The van der Waals surface area contributed by atoms with Crippen LogP contribution in [-0.4, -0.2) is 10.9 Å². The number of halogens is 2. The van der Waals surface area contributed by atoms with Gasteiger partial charge in [0.05, 0.1) is 22.3 Å². The topological polar surface area (TPSA) is 42.0 Å². The number of rotatable bonds is 3. The van der Waals surface area contributed by atoms with Crippen LogP contribution in [0.15, 0.2) is 22.7 Å². The van der Waals surface area contributed by atoms with Gasteiger partial charge < -0.3 is 5.32 Å². The second-order valence-corrected chi connectivity index (χ2v) is 6.59. The molecule has 6 heteroatoms. The van der Waals surface area contributed by atoms with Crippen LogP contribution in [0, 0.1) is 19.7 Å². The Labute approximate surface area is 129 Å². The number of aromatic nitrogens is 1. The van der Waals surface area contributed by atoms with Crippen LogP contribution in [0.2, 0.25) is 0 Å². The van der Waals surface area contributed by atoms with E-state index >= 15 is 0 Å². The van der Waals surface area contributed by atoms with Gasteiger partial charge in [0, 0.05) is 9.35 Å². The van der Waals surface area contributed by atoms with Gasteiger partial charge in [0.15, 0.2) is 0 Å². The van der Waals surface area contributed by atoms with Crippen molar-refractivity contribution in [2.45, 2.75) is 26.8 Å². The first-order valence-corrected chi connectivity index (χ1v) is 7.69. The zero-order chi connectivity index (χ0) is 14.9. The van der Waals surface area contributed by atoms with Crippen LogP contribution in [0.4, 0.5) is 4.39 Å². The fourth-order valence-electron chi connectivity index (χ4n) is 1.96. The van der Waals surface area contributed by atoms with Crippen LogP contribution in [-0.2, 0) is 0 Å². The van der Waals surface area contributed by atoms with Crippen LogP contribution < -0.4 is 5.32 Å². The molecule has 2 aromatic rings. The summed E-state index contributed by atoms with van der Waals surface area (Å²) in [7, 11) is 0. The zero-order valence-electron chi connectivity index (χ0n) is 11.3. The lowest BCUT2D eigenvalue weighted by Gasteiger charge is -2.13. The molecule has 0 aliphatic rings. The molecule has 0 aliphatic heterocycles. The van der Waals surface area contributed by atoms with Crippen LogP contribution in [0.3, 0.4) is 0 Å². The van der Waals surface area contributed by atoms with E-state index in [1.165, 1.54) is 18.2 Å². The summed E-state index contributed by atoms with van der Waals surface area (Å²) in [5.74, 6) is -0.745. The summed E-state index contributed by atoms with van der Waals surface area (Å²) >= 11 is 4.81. The summed E-state index contributed by atoms with van der Waals surface area (Å²) in [6, 6.07) is 3.89. The third-order valence-electron chi connectivity index (χ3n) is 2.85. The Morgan fingerprint density at radius 3 is 2.75 bits per heavy atom. The van der Waals surface area contributed by atoms with Crippen molar-refractivity contribution in [3.63, 3.8) is 0 Å². The molecule has 0 bridgehead atoms. The van der Waals surface area contributed by atoms with Gasteiger partial charge in [0.2, 0.25) is 0 Å². The van der Waals surface area contributed by atoms with Gasteiger partial charge in [-0.1, -0.05) is 0 Å². The summed E-state index contributed by atoms with van der Waals surface area (Å²) in [5.41, 5.74) is 1.20. The minimum absolute atomic E-state index is 0.163. The lowest BCUT2D eigenvalue weighted by Crippen LogP contribution is -2.27. The number of benzene rings is 1. The van der Waals surface area contributed by atoms with E-state index in [2.05, 4.69) is 26.2 Å². The number of thiazole rings is 1. The van der Waals surface area contributed by atoms with E-state index in [9.17, 15) is 9.18 Å². The monoisotopic (exact) mass is 356 g/mol. The second-order valence-electron chi connectivity index (χ2n) is 4.50. The lowest BCUT2D eigenvalue weighted by molar-refractivity contribution is 0.0939. The van der Waals surface area contributed by atoms with Crippen molar-refractivity contribution in [3.8, 4) is 0 Å². The number of carbonyl (C=O) groups excluding carboxylic acids is 1. The van der Waals surface area contributed by atoms with E-state index in [-0.39, 0.29) is 17.5 Å². The van der Waals surface area contributed by atoms with Gasteiger partial charge in [-0.05, 0) is 54.9 Å². The van der Waals surface area contributed by atoms with E-state index < -0.39 is 5.82 Å². The van der Waals surface area contributed by atoms with E-state index in [1.54, 1.807) is 11.3 Å². The smallest absolute Gasteiger partial charge is 0.253 e. The molecular formula is C14H14BrFN2OS. The minimum Gasteiger partial charge on any atom is -0.345 e. The maximum atomic E-state index is 13.2. The Kier molecular flexibility index (Phi) is 4.55. The molecule has 0 saturated heterocycles. The van der Waals surface area contributed by atoms with Crippen LogP contribution in [0.25, 0.3) is 0 Å². The average Bonchev–Trinajstić information content (AvgIpc) is 2.71. The molecular weight excluding hydrogens is 343 g/mol. The summed E-state index contributed by atoms with van der Waals surface area (Å²) < 4.78 is 13.8. The SMILES string of the molecule is Cc1nc(C)c(C(C)NC(=O)c2cc(F)ccc2Br)s1. The van der Waals surface area contributed by atoms with Crippen molar-refractivity contribution in [2.75, 3.05) is 0 Å². The molecule has 1 N–H and O–H groups in total. The van der Waals surface area contributed by atoms with Crippen molar-refractivity contribution in [3.05, 3.63) is 49.6 Å². The molecule has 1 aromatic carbocycles. The number of aryl methyl sites for hydroxylation is 2. The first kappa shape index (κ1) is 15.1. The van der Waals surface area contributed by atoms with E-state index in [1.807, 2.05) is 20.8 Å². The maximum Gasteiger partial charge on any atom is 0.253 e. The molecule has 0 saturated carbocycles. The Morgan fingerprint density at radius 1 is 1.45 bits per heavy atom. The molecule has 106 valence electrons. The molecule has 20 heavy (non-hydrogen) atoms. The van der Waals surface area contributed by atoms with Gasteiger partial charge in [-0.2, -0.15) is 0 Å². The first-order chi connectivity index (χ1) is 9.38. The molecule has 3 nitrogen and oxygen atoms in total. The molecule has 1 amide bonds. The van der Waals surface area contributed by atoms with Crippen molar-refractivity contribution < 1.29 is 9.18 Å². The second kappa shape index (κ2) is 6.01. The maximum absolute atomic E-state index is 13.2. The molecule has 0 fully saturated rings. The molecule has 2 rings (SSSR count). The molecule has 1 atom stereocenters. The summed E-state index contributed by atoms with van der Waals surface area (Å²) in [5, 5.41) is 3.83. The van der Waals surface area contributed by atoms with E-state index in [0.717, 1.165) is 15.6 Å². The number of nitrogens with zero attached hydrogens (tertiary/aromatic N) is 1. The highest BCUT2D eigenvalue weighted by molar-refractivity contribution is 9.10. The van der Waals surface area contributed by atoms with Crippen molar-refractivity contribution >= 4 is 33.2 Å². The Hall–Kier alpha value is -1.27. The van der Waals surface area contributed by atoms with Gasteiger partial charge in [-0.3, -0.25) is 4.79 Å². The molecule has 0 aliphatic carbocycles. The fraction of sp³-hybridized carbons (Fsp3) is 0.286. The van der Waals surface area contributed by atoms with E-state index in [4.69, 9.17) is 0 Å². The van der Waals surface area contributed by atoms with E-state index in [0.29, 0.717) is 4.47 Å². The van der Waals surface area contributed by atoms with Gasteiger partial charge >= 0.3 is 0 Å². The standard InChI is InChI=1S/C14H14BrFN2OS/c1-7-13(20-9(3)17-7)8(2)18-14(19)11-6-10(16)4-5-12(11)15/h4-6,8H,1-3H3,(H,18,19). The van der Waals surface area contributed by atoms with Crippen LogP contribution in [0.5, 0.6) is 0 Å². The summed E-state index contributed by atoms with van der Waals surface area (Å²) in [6.07, 6.45) is 0. The molecule has 1 heterocycles. The zero-order valence-corrected chi connectivity index (χ0v) is 13.7. The van der Waals surface area contributed by atoms with Gasteiger partial charge in [0.1, 0.15) is 5.82 Å². The van der Waals surface area contributed by atoms with Gasteiger partial charge in [0.25, 0.3) is 5.91 Å². The number of amides is 1. The number of hydrogen-bond donors (Lipinski definition) is 1. The first-order valence-electron chi connectivity index (χ1n) is 6.08. The number of nitrogens with one attached hydrogen (secondary N) is 1. The normalized spacial score (nSPS) is 12.2. The predicted molar refractivity (Wildman–Crippen MR) is 81.6 cm³/mol. The van der Waals surface area contributed by atoms with Crippen molar-refractivity contribution in [1.29, 1.82) is 0 Å². The third kappa shape index (κ3) is 3.24. The highest BCUT2D eigenvalue weighted by Gasteiger charge is 2.18. The molecule has 0 radical (unpaired) electrons. The average molecular weight is 357 g/mol. The van der Waals surface area contributed by atoms with Crippen LogP contribution >= 0.6 is 27.3 Å². The Morgan fingerprint density at radius 2 is 2.15 bits per heavy atom. The Bertz CT molecular complexity index is 657. The van der Waals surface area contributed by atoms with Gasteiger partial charge in [-0.25, -0.2) is 9.37 Å². The lowest BCUT2D eigenvalue weighted by atomic mass is 10.1. The Balaban J connectivity index is 2.19. The quantitative estimate of drug-likeness (QED) is 0.897. The van der Waals surface area contributed by atoms with Gasteiger partial charge in [-0.15, -0.1) is 11.3 Å². The minimum atomic E-state index is -0.434. The summed E-state index contributed by atoms with van der Waals surface area (Å²) in [4.78, 5) is 17.6. The third-order valence-corrected chi connectivity index (χ3v) is 4.80. The highest BCUT2D eigenvalue weighted by atomic mass is 79.9. The van der Waals surface area contributed by atoms with Crippen molar-refractivity contribution in [1.82, 2.24) is 10.3 Å². The molecule has 1 unspecified atom stereocenters.